The van der Waals surface area contributed by atoms with E-state index in [1.807, 2.05) is 31.6 Å². The first-order chi connectivity index (χ1) is 10.9. The molecule has 0 amide bonds. The number of thioether (sulfide) groups is 1. The van der Waals surface area contributed by atoms with Crippen molar-refractivity contribution in [3.8, 4) is 11.3 Å². The number of methoxy groups -OCH3 is 1. The van der Waals surface area contributed by atoms with Crippen LogP contribution in [-0.2, 0) is 23.0 Å². The van der Waals surface area contributed by atoms with Gasteiger partial charge in [-0.25, -0.2) is 4.39 Å². The van der Waals surface area contributed by atoms with E-state index in [1.165, 1.54) is 19.2 Å². The molecule has 0 spiro atoms. The van der Waals surface area contributed by atoms with Crippen molar-refractivity contribution in [2.75, 3.05) is 19.6 Å². The third kappa shape index (κ3) is 6.06. The van der Waals surface area contributed by atoms with Gasteiger partial charge in [-0.1, -0.05) is 0 Å². The standard InChI is InChI=1S/C15H17FN2O2.C2H6S/c1-10-6-11(8-12(16)7-10)14-9-13(17-18(14)2)4-5-15(19)20-3;1-3-2/h6-9H,4-5H2,1-3H3;1-2H3. The average molecular weight is 338 g/mol. The Morgan fingerprint density at radius 3 is 2.52 bits per heavy atom. The lowest BCUT2D eigenvalue weighted by molar-refractivity contribution is -0.140. The number of hydrogen-bond donors (Lipinski definition) is 0. The summed E-state index contributed by atoms with van der Waals surface area (Å²) in [5.74, 6) is -0.531. The second-order valence-electron chi connectivity index (χ2n) is 5.15. The van der Waals surface area contributed by atoms with Crippen LogP contribution in [0.2, 0.25) is 0 Å². The topological polar surface area (TPSA) is 44.1 Å². The van der Waals surface area contributed by atoms with E-state index < -0.39 is 0 Å². The van der Waals surface area contributed by atoms with Crippen molar-refractivity contribution in [3.05, 3.63) is 41.3 Å². The molecule has 6 heteroatoms. The minimum absolute atomic E-state index is 0.265. The molecule has 0 saturated carbocycles. The van der Waals surface area contributed by atoms with E-state index in [0.717, 1.165) is 22.5 Å². The molecule has 0 aliphatic carbocycles. The van der Waals surface area contributed by atoms with Crippen LogP contribution < -0.4 is 0 Å². The first-order valence-electron chi connectivity index (χ1n) is 7.18. The monoisotopic (exact) mass is 338 g/mol. The Bertz CT molecular complexity index is 636. The summed E-state index contributed by atoms with van der Waals surface area (Å²) in [6.45, 7) is 1.85. The number of aromatic nitrogens is 2. The van der Waals surface area contributed by atoms with Gasteiger partial charge in [0, 0.05) is 19.0 Å². The third-order valence-electron chi connectivity index (χ3n) is 3.08. The highest BCUT2D eigenvalue weighted by molar-refractivity contribution is 7.97. The highest BCUT2D eigenvalue weighted by atomic mass is 32.2. The van der Waals surface area contributed by atoms with Crippen LogP contribution in [0.25, 0.3) is 11.3 Å². The Morgan fingerprint density at radius 1 is 1.30 bits per heavy atom. The Hall–Kier alpha value is -1.82. The molecular formula is C17H23FN2O2S. The fourth-order valence-electron chi connectivity index (χ4n) is 2.14. The number of halogens is 1. The SMILES string of the molecule is COC(=O)CCc1cc(-c2cc(C)cc(F)c2)n(C)n1.CSC. The summed E-state index contributed by atoms with van der Waals surface area (Å²) in [5, 5.41) is 4.34. The number of rotatable bonds is 4. The minimum atomic E-state index is -0.266. The van der Waals surface area contributed by atoms with Crippen molar-refractivity contribution < 1.29 is 13.9 Å². The first-order valence-corrected chi connectivity index (χ1v) is 8.82. The van der Waals surface area contributed by atoms with Gasteiger partial charge in [0.25, 0.3) is 0 Å². The fraction of sp³-hybridized carbons (Fsp3) is 0.412. The minimum Gasteiger partial charge on any atom is -0.469 e. The molecule has 1 aromatic carbocycles. The van der Waals surface area contributed by atoms with Crippen molar-refractivity contribution in [2.45, 2.75) is 19.8 Å². The quantitative estimate of drug-likeness (QED) is 0.799. The summed E-state index contributed by atoms with van der Waals surface area (Å²) < 4.78 is 19.8. The van der Waals surface area contributed by atoms with Gasteiger partial charge in [-0.2, -0.15) is 16.9 Å². The van der Waals surface area contributed by atoms with Crippen molar-refractivity contribution in [3.63, 3.8) is 0 Å². The normalized spacial score (nSPS) is 10.0. The summed E-state index contributed by atoms with van der Waals surface area (Å²) >= 11 is 1.75. The van der Waals surface area contributed by atoms with Crippen LogP contribution in [0.3, 0.4) is 0 Å². The maximum atomic E-state index is 13.5. The largest absolute Gasteiger partial charge is 0.469 e. The van der Waals surface area contributed by atoms with E-state index >= 15 is 0 Å². The average Bonchev–Trinajstić information content (AvgIpc) is 2.85. The molecule has 23 heavy (non-hydrogen) atoms. The zero-order valence-corrected chi connectivity index (χ0v) is 15.0. The number of esters is 1. The molecule has 0 radical (unpaired) electrons. The third-order valence-corrected chi connectivity index (χ3v) is 3.08. The molecule has 126 valence electrons. The van der Waals surface area contributed by atoms with Gasteiger partial charge in [-0.3, -0.25) is 9.48 Å². The highest BCUT2D eigenvalue weighted by Crippen LogP contribution is 2.22. The molecular weight excluding hydrogens is 315 g/mol. The van der Waals surface area contributed by atoms with Gasteiger partial charge in [-0.05, 0) is 49.3 Å². The van der Waals surface area contributed by atoms with Crippen LogP contribution >= 0.6 is 11.8 Å². The molecule has 2 rings (SSSR count). The molecule has 4 nitrogen and oxygen atoms in total. The highest BCUT2D eigenvalue weighted by Gasteiger charge is 2.10. The van der Waals surface area contributed by atoms with Crippen LogP contribution in [0.15, 0.2) is 24.3 Å². The summed E-state index contributed by atoms with van der Waals surface area (Å²) in [6.07, 6.45) is 4.88. The molecule has 1 heterocycles. The number of ether oxygens (including phenoxy) is 1. The molecule has 0 fully saturated rings. The van der Waals surface area contributed by atoms with Gasteiger partial charge in [0.2, 0.25) is 0 Å². The fourth-order valence-corrected chi connectivity index (χ4v) is 2.14. The molecule has 0 aliphatic heterocycles. The van der Waals surface area contributed by atoms with E-state index in [-0.39, 0.29) is 18.2 Å². The van der Waals surface area contributed by atoms with E-state index in [2.05, 4.69) is 9.84 Å². The lowest BCUT2D eigenvalue weighted by Crippen LogP contribution is -2.02. The van der Waals surface area contributed by atoms with E-state index in [9.17, 15) is 9.18 Å². The summed E-state index contributed by atoms with van der Waals surface area (Å²) in [5.41, 5.74) is 3.25. The van der Waals surface area contributed by atoms with Crippen molar-refractivity contribution >= 4 is 17.7 Å². The second-order valence-corrected chi connectivity index (χ2v) is 5.96. The smallest absolute Gasteiger partial charge is 0.305 e. The van der Waals surface area contributed by atoms with Gasteiger partial charge in [0.05, 0.1) is 24.9 Å². The molecule has 1 aromatic heterocycles. The van der Waals surface area contributed by atoms with Crippen molar-refractivity contribution in [1.82, 2.24) is 9.78 Å². The Labute approximate surface area is 141 Å². The predicted molar refractivity (Wildman–Crippen MR) is 93.1 cm³/mol. The first kappa shape index (κ1) is 19.2. The zero-order chi connectivity index (χ0) is 17.4. The second kappa shape index (κ2) is 9.35. The molecule has 0 bridgehead atoms. The zero-order valence-electron chi connectivity index (χ0n) is 14.2. The Balaban J connectivity index is 0.000000816. The Morgan fingerprint density at radius 2 is 1.96 bits per heavy atom. The van der Waals surface area contributed by atoms with Crippen LogP contribution in [0.1, 0.15) is 17.7 Å². The lowest BCUT2D eigenvalue weighted by atomic mass is 10.1. The van der Waals surface area contributed by atoms with Gasteiger partial charge >= 0.3 is 5.97 Å². The predicted octanol–water partition coefficient (Wildman–Crippen LogP) is 3.62. The van der Waals surface area contributed by atoms with Gasteiger partial charge in [0.15, 0.2) is 0 Å². The van der Waals surface area contributed by atoms with Gasteiger partial charge in [0.1, 0.15) is 5.82 Å². The summed E-state index contributed by atoms with van der Waals surface area (Å²) in [6, 6.07) is 6.74. The van der Waals surface area contributed by atoms with Crippen LogP contribution in [0.4, 0.5) is 4.39 Å². The number of aryl methyl sites for hydroxylation is 3. The summed E-state index contributed by atoms with van der Waals surface area (Å²) in [4.78, 5) is 11.1. The number of hydrogen-bond acceptors (Lipinski definition) is 4. The molecule has 0 saturated heterocycles. The van der Waals surface area contributed by atoms with Crippen molar-refractivity contribution in [2.24, 2.45) is 7.05 Å². The van der Waals surface area contributed by atoms with Gasteiger partial charge < -0.3 is 4.74 Å². The van der Waals surface area contributed by atoms with Crippen LogP contribution in [0, 0.1) is 12.7 Å². The maximum Gasteiger partial charge on any atom is 0.305 e. The number of carbonyl (C=O) groups excluding carboxylic acids is 1. The number of benzene rings is 1. The summed E-state index contributed by atoms with van der Waals surface area (Å²) in [7, 11) is 3.17. The number of carbonyl (C=O) groups is 1. The van der Waals surface area contributed by atoms with Crippen LogP contribution in [0.5, 0.6) is 0 Å². The molecule has 2 aromatic rings. The van der Waals surface area contributed by atoms with Crippen molar-refractivity contribution in [1.29, 1.82) is 0 Å². The number of nitrogens with zero attached hydrogens (tertiary/aromatic N) is 2. The Kier molecular flexibility index (Phi) is 7.81. The molecule has 0 N–H and O–H groups in total. The van der Waals surface area contributed by atoms with Crippen LogP contribution in [-0.4, -0.2) is 35.4 Å². The molecule has 0 unspecified atom stereocenters. The lowest BCUT2D eigenvalue weighted by Gasteiger charge is -2.03. The van der Waals surface area contributed by atoms with Gasteiger partial charge in [-0.15, -0.1) is 0 Å². The molecule has 0 atom stereocenters. The van der Waals surface area contributed by atoms with E-state index in [0.29, 0.717) is 6.42 Å². The maximum absolute atomic E-state index is 13.5. The van der Waals surface area contributed by atoms with E-state index in [1.54, 1.807) is 23.5 Å². The van der Waals surface area contributed by atoms with E-state index in [4.69, 9.17) is 0 Å². The molecule has 0 aliphatic rings.